The molecule has 0 amide bonds. The van der Waals surface area contributed by atoms with Crippen molar-refractivity contribution in [2.75, 3.05) is 5.73 Å². The highest BCUT2D eigenvalue weighted by Crippen LogP contribution is 2.23. The Balaban J connectivity index is 2.24. The SMILES string of the molecule is Cc1cc(-c2cccc(F)c2)cn2nc(N)nc12. The van der Waals surface area contributed by atoms with Crippen LogP contribution in [0.15, 0.2) is 36.5 Å². The minimum absolute atomic E-state index is 0.231. The topological polar surface area (TPSA) is 56.2 Å². The van der Waals surface area contributed by atoms with E-state index in [2.05, 4.69) is 10.1 Å². The zero-order valence-electron chi connectivity index (χ0n) is 9.76. The summed E-state index contributed by atoms with van der Waals surface area (Å²) < 4.78 is 14.8. The van der Waals surface area contributed by atoms with Crippen LogP contribution in [0.4, 0.5) is 10.3 Å². The fourth-order valence-corrected chi connectivity index (χ4v) is 1.99. The number of aryl methyl sites for hydroxylation is 1. The molecule has 0 aliphatic carbocycles. The number of benzene rings is 1. The van der Waals surface area contributed by atoms with E-state index in [1.807, 2.05) is 19.1 Å². The second-order valence-corrected chi connectivity index (χ2v) is 4.16. The van der Waals surface area contributed by atoms with E-state index >= 15 is 0 Å². The van der Waals surface area contributed by atoms with Crippen molar-refractivity contribution in [1.29, 1.82) is 0 Å². The van der Waals surface area contributed by atoms with Crippen LogP contribution in [0.25, 0.3) is 16.8 Å². The van der Waals surface area contributed by atoms with Crippen LogP contribution in [0.2, 0.25) is 0 Å². The van der Waals surface area contributed by atoms with Gasteiger partial charge in [0, 0.05) is 11.8 Å². The largest absolute Gasteiger partial charge is 0.366 e. The Labute approximate surface area is 103 Å². The van der Waals surface area contributed by atoms with E-state index < -0.39 is 0 Å². The van der Waals surface area contributed by atoms with E-state index in [-0.39, 0.29) is 11.8 Å². The van der Waals surface area contributed by atoms with Gasteiger partial charge in [-0.25, -0.2) is 8.91 Å². The zero-order chi connectivity index (χ0) is 12.7. The number of anilines is 1. The quantitative estimate of drug-likeness (QED) is 0.713. The lowest BCUT2D eigenvalue weighted by molar-refractivity contribution is 0.628. The predicted molar refractivity (Wildman–Crippen MR) is 67.5 cm³/mol. The molecule has 5 heteroatoms. The Morgan fingerprint density at radius 3 is 2.83 bits per heavy atom. The summed E-state index contributed by atoms with van der Waals surface area (Å²) >= 11 is 0. The van der Waals surface area contributed by atoms with Crippen molar-refractivity contribution in [3.05, 3.63) is 47.9 Å². The van der Waals surface area contributed by atoms with Gasteiger partial charge in [0.15, 0.2) is 5.65 Å². The fraction of sp³-hybridized carbons (Fsp3) is 0.0769. The highest BCUT2D eigenvalue weighted by Gasteiger charge is 2.07. The molecule has 90 valence electrons. The van der Waals surface area contributed by atoms with Crippen LogP contribution in [-0.2, 0) is 0 Å². The lowest BCUT2D eigenvalue weighted by Crippen LogP contribution is -1.93. The molecule has 2 aromatic heterocycles. The van der Waals surface area contributed by atoms with E-state index in [1.165, 1.54) is 12.1 Å². The van der Waals surface area contributed by atoms with Crippen LogP contribution < -0.4 is 5.73 Å². The molecular weight excluding hydrogens is 231 g/mol. The number of rotatable bonds is 1. The number of halogens is 1. The van der Waals surface area contributed by atoms with E-state index in [0.717, 1.165) is 16.7 Å². The summed E-state index contributed by atoms with van der Waals surface area (Å²) in [6, 6.07) is 8.38. The molecule has 0 unspecified atom stereocenters. The van der Waals surface area contributed by atoms with Gasteiger partial charge in [-0.05, 0) is 36.2 Å². The maximum Gasteiger partial charge on any atom is 0.240 e. The monoisotopic (exact) mass is 242 g/mol. The van der Waals surface area contributed by atoms with E-state index in [1.54, 1.807) is 16.8 Å². The van der Waals surface area contributed by atoms with Crippen molar-refractivity contribution in [3.63, 3.8) is 0 Å². The molecule has 4 nitrogen and oxygen atoms in total. The lowest BCUT2D eigenvalue weighted by Gasteiger charge is -2.04. The fourth-order valence-electron chi connectivity index (χ4n) is 1.99. The van der Waals surface area contributed by atoms with Crippen molar-refractivity contribution in [3.8, 4) is 11.1 Å². The van der Waals surface area contributed by atoms with Crippen LogP contribution >= 0.6 is 0 Å². The summed E-state index contributed by atoms with van der Waals surface area (Å²) in [5, 5.41) is 4.07. The smallest absolute Gasteiger partial charge is 0.240 e. The third-order valence-electron chi connectivity index (χ3n) is 2.79. The third kappa shape index (κ3) is 1.69. The minimum atomic E-state index is -0.261. The van der Waals surface area contributed by atoms with Gasteiger partial charge in [-0.2, -0.15) is 4.98 Å². The summed E-state index contributed by atoms with van der Waals surface area (Å²) in [5.41, 5.74) is 8.91. The third-order valence-corrected chi connectivity index (χ3v) is 2.79. The van der Waals surface area contributed by atoms with Crippen LogP contribution in [0.5, 0.6) is 0 Å². The molecule has 0 saturated heterocycles. The molecule has 2 heterocycles. The molecule has 18 heavy (non-hydrogen) atoms. The van der Waals surface area contributed by atoms with Gasteiger partial charge in [0.25, 0.3) is 0 Å². The van der Waals surface area contributed by atoms with Crippen molar-refractivity contribution in [2.45, 2.75) is 6.92 Å². The highest BCUT2D eigenvalue weighted by molar-refractivity contribution is 5.67. The summed E-state index contributed by atoms with van der Waals surface area (Å²) in [6.45, 7) is 1.92. The molecule has 1 aromatic carbocycles. The number of nitrogen functional groups attached to an aromatic ring is 1. The van der Waals surface area contributed by atoms with Gasteiger partial charge in [-0.1, -0.05) is 12.1 Å². The van der Waals surface area contributed by atoms with E-state index in [0.29, 0.717) is 5.65 Å². The van der Waals surface area contributed by atoms with Gasteiger partial charge < -0.3 is 5.73 Å². The van der Waals surface area contributed by atoms with Gasteiger partial charge in [-0.3, -0.25) is 0 Å². The first-order valence-electron chi connectivity index (χ1n) is 5.52. The number of hydrogen-bond donors (Lipinski definition) is 1. The van der Waals surface area contributed by atoms with Crippen molar-refractivity contribution in [1.82, 2.24) is 14.6 Å². The molecule has 3 aromatic rings. The molecule has 0 saturated carbocycles. The van der Waals surface area contributed by atoms with Crippen molar-refractivity contribution < 1.29 is 4.39 Å². The number of pyridine rings is 1. The van der Waals surface area contributed by atoms with Gasteiger partial charge in [0.05, 0.1) is 0 Å². The first-order valence-corrected chi connectivity index (χ1v) is 5.52. The number of hydrogen-bond acceptors (Lipinski definition) is 3. The number of aromatic nitrogens is 3. The molecule has 0 bridgehead atoms. The first-order chi connectivity index (χ1) is 8.63. The normalized spacial score (nSPS) is 11.0. The Morgan fingerprint density at radius 1 is 1.22 bits per heavy atom. The Morgan fingerprint density at radius 2 is 2.06 bits per heavy atom. The average Bonchev–Trinajstić information content (AvgIpc) is 2.70. The van der Waals surface area contributed by atoms with Crippen molar-refractivity contribution >= 4 is 11.6 Å². The Hall–Kier alpha value is -2.43. The van der Waals surface area contributed by atoms with E-state index in [4.69, 9.17) is 5.73 Å². The molecule has 0 aliphatic rings. The van der Waals surface area contributed by atoms with Gasteiger partial charge in [0.1, 0.15) is 5.82 Å². The molecule has 0 spiro atoms. The van der Waals surface area contributed by atoms with E-state index in [9.17, 15) is 4.39 Å². The maximum atomic E-state index is 13.2. The van der Waals surface area contributed by atoms with Gasteiger partial charge >= 0.3 is 0 Å². The van der Waals surface area contributed by atoms with Crippen LogP contribution in [0.1, 0.15) is 5.56 Å². The summed E-state index contributed by atoms with van der Waals surface area (Å²) in [6.07, 6.45) is 1.79. The average molecular weight is 242 g/mol. The van der Waals surface area contributed by atoms with Crippen molar-refractivity contribution in [2.24, 2.45) is 0 Å². The Kier molecular flexibility index (Phi) is 2.26. The summed E-state index contributed by atoms with van der Waals surface area (Å²) in [5.74, 6) is -0.0298. The Bertz CT molecular complexity index is 733. The second-order valence-electron chi connectivity index (χ2n) is 4.16. The molecule has 0 fully saturated rings. The molecule has 0 aliphatic heterocycles. The zero-order valence-corrected chi connectivity index (χ0v) is 9.76. The first kappa shape index (κ1) is 10.7. The maximum absolute atomic E-state index is 13.2. The molecule has 0 atom stereocenters. The van der Waals surface area contributed by atoms with Gasteiger partial charge in [0.2, 0.25) is 5.95 Å². The molecule has 2 N–H and O–H groups in total. The number of fused-ring (bicyclic) bond motifs is 1. The highest BCUT2D eigenvalue weighted by atomic mass is 19.1. The molecule has 0 radical (unpaired) electrons. The lowest BCUT2D eigenvalue weighted by atomic mass is 10.1. The standard InChI is InChI=1S/C13H11FN4/c1-8-5-10(9-3-2-4-11(14)6-9)7-18-12(8)16-13(15)17-18/h2-7H,1H3,(H2,15,17). The summed E-state index contributed by atoms with van der Waals surface area (Å²) in [4.78, 5) is 4.12. The second kappa shape index (κ2) is 3.80. The van der Waals surface area contributed by atoms with Crippen LogP contribution in [-0.4, -0.2) is 14.6 Å². The molecule has 3 rings (SSSR count). The minimum Gasteiger partial charge on any atom is -0.366 e. The molecular formula is C13H11FN4. The van der Waals surface area contributed by atoms with Gasteiger partial charge in [-0.15, -0.1) is 5.10 Å². The number of nitrogens with two attached hydrogens (primary N) is 1. The number of nitrogens with zero attached hydrogens (tertiary/aromatic N) is 3. The summed E-state index contributed by atoms with van der Waals surface area (Å²) in [7, 11) is 0. The van der Waals surface area contributed by atoms with Crippen LogP contribution in [0, 0.1) is 12.7 Å². The predicted octanol–water partition coefficient (Wildman–Crippen LogP) is 2.43. The van der Waals surface area contributed by atoms with Crippen LogP contribution in [0.3, 0.4) is 0 Å².